The van der Waals surface area contributed by atoms with Crippen LogP contribution in [0.4, 0.5) is 4.79 Å². The highest BCUT2D eigenvalue weighted by Gasteiger charge is 2.52. The maximum absolute atomic E-state index is 11.4. The van der Waals surface area contributed by atoms with Crippen LogP contribution in [-0.2, 0) is 4.79 Å². The van der Waals surface area contributed by atoms with E-state index in [4.69, 9.17) is 10.2 Å². The Morgan fingerprint density at radius 3 is 2.23 bits per heavy atom. The molecule has 0 saturated carbocycles. The number of aliphatic hydroxyl groups excluding tert-OH is 2. The predicted molar refractivity (Wildman–Crippen MR) is 42.6 cm³/mol. The molecule has 0 spiro atoms. The Bertz CT molecular complexity index is 255. The standard InChI is InChI=1S/C7H12N2O4/c1-7(3-10)5(12)8(2)6(13)9(7)4-11/h10-11H,3-4H2,1-2H3. The molecule has 0 radical (unpaired) electrons. The molecule has 1 saturated heterocycles. The molecule has 74 valence electrons. The Labute approximate surface area is 75.4 Å². The number of rotatable bonds is 2. The Hall–Kier alpha value is -1.14. The van der Waals surface area contributed by atoms with Gasteiger partial charge in [-0.25, -0.2) is 4.79 Å². The predicted octanol–water partition coefficient (Wildman–Crippen LogP) is -1.42. The maximum Gasteiger partial charge on any atom is 0.329 e. The topological polar surface area (TPSA) is 81.1 Å². The molecule has 1 aliphatic rings. The first-order valence-electron chi connectivity index (χ1n) is 3.80. The fraction of sp³-hybridized carbons (Fsp3) is 0.714. The average Bonchev–Trinajstić information content (AvgIpc) is 2.29. The smallest absolute Gasteiger partial charge is 0.329 e. The van der Waals surface area contributed by atoms with E-state index in [1.165, 1.54) is 14.0 Å². The molecular formula is C7H12N2O4. The first kappa shape index (κ1) is 9.94. The largest absolute Gasteiger partial charge is 0.393 e. The van der Waals surface area contributed by atoms with Gasteiger partial charge in [-0.15, -0.1) is 0 Å². The number of carbonyl (C=O) groups is 2. The molecule has 1 heterocycles. The molecule has 2 N–H and O–H groups in total. The third-order valence-electron chi connectivity index (χ3n) is 2.33. The highest BCUT2D eigenvalue weighted by Crippen LogP contribution is 2.25. The van der Waals surface area contributed by atoms with Crippen LogP contribution in [0.3, 0.4) is 0 Å². The monoisotopic (exact) mass is 188 g/mol. The van der Waals surface area contributed by atoms with E-state index in [1.807, 2.05) is 0 Å². The van der Waals surface area contributed by atoms with E-state index in [1.54, 1.807) is 0 Å². The summed E-state index contributed by atoms with van der Waals surface area (Å²) >= 11 is 0. The van der Waals surface area contributed by atoms with E-state index in [9.17, 15) is 9.59 Å². The van der Waals surface area contributed by atoms with Gasteiger partial charge in [0.15, 0.2) is 0 Å². The summed E-state index contributed by atoms with van der Waals surface area (Å²) in [5, 5.41) is 17.8. The minimum atomic E-state index is -1.32. The molecule has 6 nitrogen and oxygen atoms in total. The summed E-state index contributed by atoms with van der Waals surface area (Å²) in [6.07, 6.45) is 0. The van der Waals surface area contributed by atoms with Crippen molar-refractivity contribution in [3.05, 3.63) is 0 Å². The normalized spacial score (nSPS) is 28.9. The van der Waals surface area contributed by atoms with Gasteiger partial charge in [0, 0.05) is 7.05 Å². The Morgan fingerprint density at radius 2 is 1.92 bits per heavy atom. The summed E-state index contributed by atoms with van der Waals surface area (Å²) in [6.45, 7) is 0.335. The van der Waals surface area contributed by atoms with Crippen LogP contribution in [0.2, 0.25) is 0 Å². The number of imide groups is 1. The molecule has 1 atom stereocenters. The Morgan fingerprint density at radius 1 is 1.38 bits per heavy atom. The van der Waals surface area contributed by atoms with Crippen LogP contribution in [0.15, 0.2) is 0 Å². The Balaban J connectivity index is 3.08. The minimum absolute atomic E-state index is 0.498. The highest BCUT2D eigenvalue weighted by atomic mass is 16.3. The zero-order valence-corrected chi connectivity index (χ0v) is 7.52. The number of nitrogens with zero attached hydrogens (tertiary/aromatic N) is 2. The first-order valence-corrected chi connectivity index (χ1v) is 3.80. The molecule has 1 unspecified atom stereocenters. The fourth-order valence-electron chi connectivity index (χ4n) is 1.33. The van der Waals surface area contributed by atoms with Crippen molar-refractivity contribution >= 4 is 11.9 Å². The summed E-state index contributed by atoms with van der Waals surface area (Å²) in [4.78, 5) is 24.5. The van der Waals surface area contributed by atoms with Crippen LogP contribution in [-0.4, -0.2) is 57.9 Å². The highest BCUT2D eigenvalue weighted by molar-refractivity contribution is 6.06. The van der Waals surface area contributed by atoms with E-state index < -0.39 is 30.8 Å². The van der Waals surface area contributed by atoms with Crippen LogP contribution < -0.4 is 0 Å². The minimum Gasteiger partial charge on any atom is -0.393 e. The van der Waals surface area contributed by atoms with Gasteiger partial charge >= 0.3 is 6.03 Å². The molecule has 6 heteroatoms. The number of hydrogen-bond acceptors (Lipinski definition) is 4. The summed E-state index contributed by atoms with van der Waals surface area (Å²) in [5.74, 6) is -0.506. The zero-order valence-electron chi connectivity index (χ0n) is 7.52. The molecule has 1 rings (SSSR count). The summed E-state index contributed by atoms with van der Waals surface area (Å²) in [7, 11) is 1.31. The van der Waals surface area contributed by atoms with E-state index in [2.05, 4.69) is 0 Å². The van der Waals surface area contributed by atoms with Crippen LogP contribution in [0.1, 0.15) is 6.92 Å². The van der Waals surface area contributed by atoms with E-state index in [0.29, 0.717) is 0 Å². The number of likely N-dealkylation sites (N-methyl/N-ethyl adjacent to an activating group) is 1. The lowest BCUT2D eigenvalue weighted by Crippen LogP contribution is -2.50. The van der Waals surface area contributed by atoms with Crippen LogP contribution >= 0.6 is 0 Å². The van der Waals surface area contributed by atoms with Crippen molar-refractivity contribution < 1.29 is 19.8 Å². The second kappa shape index (κ2) is 2.97. The SMILES string of the molecule is CN1C(=O)N(CO)C(C)(CO)C1=O. The van der Waals surface area contributed by atoms with Crippen molar-refractivity contribution in [1.82, 2.24) is 9.80 Å². The van der Waals surface area contributed by atoms with E-state index >= 15 is 0 Å². The molecular weight excluding hydrogens is 176 g/mol. The second-order valence-corrected chi connectivity index (χ2v) is 3.15. The van der Waals surface area contributed by atoms with E-state index in [0.717, 1.165) is 9.80 Å². The van der Waals surface area contributed by atoms with Crippen LogP contribution in [0.25, 0.3) is 0 Å². The summed E-state index contributed by atoms with van der Waals surface area (Å²) in [5.41, 5.74) is -1.32. The average molecular weight is 188 g/mol. The molecule has 3 amide bonds. The molecule has 0 aromatic heterocycles. The van der Waals surface area contributed by atoms with Crippen molar-refractivity contribution in [3.63, 3.8) is 0 Å². The fourth-order valence-corrected chi connectivity index (χ4v) is 1.33. The molecule has 1 aliphatic heterocycles. The van der Waals surface area contributed by atoms with Crippen molar-refractivity contribution in [3.8, 4) is 0 Å². The lowest BCUT2D eigenvalue weighted by Gasteiger charge is -2.27. The van der Waals surface area contributed by atoms with E-state index in [-0.39, 0.29) is 0 Å². The van der Waals surface area contributed by atoms with Crippen molar-refractivity contribution in [2.24, 2.45) is 0 Å². The van der Waals surface area contributed by atoms with Gasteiger partial charge in [0.1, 0.15) is 12.3 Å². The van der Waals surface area contributed by atoms with Crippen molar-refractivity contribution in [2.75, 3.05) is 20.4 Å². The lowest BCUT2D eigenvalue weighted by atomic mass is 10.0. The summed E-state index contributed by atoms with van der Waals surface area (Å²) in [6, 6.07) is -0.593. The third-order valence-corrected chi connectivity index (χ3v) is 2.33. The van der Waals surface area contributed by atoms with Crippen molar-refractivity contribution in [2.45, 2.75) is 12.5 Å². The third kappa shape index (κ3) is 1.10. The van der Waals surface area contributed by atoms with Gasteiger partial charge in [-0.2, -0.15) is 0 Å². The molecule has 0 bridgehead atoms. The quantitative estimate of drug-likeness (QED) is 0.521. The van der Waals surface area contributed by atoms with Gasteiger partial charge < -0.3 is 10.2 Å². The maximum atomic E-state index is 11.4. The van der Waals surface area contributed by atoms with Crippen LogP contribution in [0.5, 0.6) is 0 Å². The van der Waals surface area contributed by atoms with Gasteiger partial charge in [0.25, 0.3) is 5.91 Å². The lowest BCUT2D eigenvalue weighted by molar-refractivity contribution is -0.134. The molecule has 0 aromatic rings. The summed E-state index contributed by atoms with van der Waals surface area (Å²) < 4.78 is 0. The van der Waals surface area contributed by atoms with Gasteiger partial charge in [-0.05, 0) is 6.92 Å². The molecule has 1 fully saturated rings. The number of carbonyl (C=O) groups excluding carboxylic acids is 2. The second-order valence-electron chi connectivity index (χ2n) is 3.15. The number of urea groups is 1. The molecule has 0 aliphatic carbocycles. The van der Waals surface area contributed by atoms with Gasteiger partial charge in [0.05, 0.1) is 6.61 Å². The zero-order chi connectivity index (χ0) is 10.2. The van der Waals surface area contributed by atoms with Crippen LogP contribution in [0, 0.1) is 0 Å². The molecule has 13 heavy (non-hydrogen) atoms. The Kier molecular flexibility index (Phi) is 2.27. The number of aliphatic hydroxyl groups is 2. The molecule has 0 aromatic carbocycles. The van der Waals surface area contributed by atoms with Gasteiger partial charge in [-0.3, -0.25) is 14.6 Å². The number of hydrogen-bond donors (Lipinski definition) is 2. The van der Waals surface area contributed by atoms with Gasteiger partial charge in [0.2, 0.25) is 0 Å². The van der Waals surface area contributed by atoms with Gasteiger partial charge in [-0.1, -0.05) is 0 Å². The van der Waals surface area contributed by atoms with Crippen molar-refractivity contribution in [1.29, 1.82) is 0 Å². The first-order chi connectivity index (χ1) is 5.99. The number of amides is 3.